The van der Waals surface area contributed by atoms with Crippen LogP contribution < -0.4 is 5.32 Å². The van der Waals surface area contributed by atoms with E-state index in [1.165, 1.54) is 11.1 Å². The number of carboxylic acids is 1. The summed E-state index contributed by atoms with van der Waals surface area (Å²) in [7, 11) is 0. The van der Waals surface area contributed by atoms with Gasteiger partial charge >= 0.3 is 5.97 Å². The Hall–Kier alpha value is -1.49. The highest BCUT2D eigenvalue weighted by molar-refractivity contribution is 7.99. The van der Waals surface area contributed by atoms with Gasteiger partial charge < -0.3 is 10.4 Å². The van der Waals surface area contributed by atoms with Crippen LogP contribution in [0.1, 0.15) is 31.4 Å². The van der Waals surface area contributed by atoms with Gasteiger partial charge in [-0.1, -0.05) is 6.07 Å². The molecular formula is C16H23NO3S. The molecule has 0 saturated heterocycles. The summed E-state index contributed by atoms with van der Waals surface area (Å²) in [5.41, 5.74) is 2.50. The SMILES string of the molecule is Cc1ccc(SCCC(=O)NC(C)C(C)C(=O)O)cc1C. The van der Waals surface area contributed by atoms with E-state index in [1.807, 2.05) is 0 Å². The fourth-order valence-electron chi connectivity index (χ4n) is 1.73. The van der Waals surface area contributed by atoms with Crippen LogP contribution in [-0.2, 0) is 9.59 Å². The molecule has 0 aromatic heterocycles. The van der Waals surface area contributed by atoms with Gasteiger partial charge in [0.1, 0.15) is 0 Å². The van der Waals surface area contributed by atoms with Gasteiger partial charge in [0, 0.05) is 23.1 Å². The number of rotatable bonds is 7. The second kappa shape index (κ2) is 8.08. The van der Waals surface area contributed by atoms with E-state index in [1.54, 1.807) is 25.6 Å². The van der Waals surface area contributed by atoms with Crippen molar-refractivity contribution in [1.82, 2.24) is 5.32 Å². The number of aliphatic carboxylic acids is 1. The Balaban J connectivity index is 2.36. The lowest BCUT2D eigenvalue weighted by atomic mass is 10.0. The Bertz CT molecular complexity index is 516. The predicted octanol–water partition coefficient (Wildman–Crippen LogP) is 3.01. The highest BCUT2D eigenvalue weighted by Gasteiger charge is 2.20. The lowest BCUT2D eigenvalue weighted by Crippen LogP contribution is -2.40. The lowest BCUT2D eigenvalue weighted by molar-refractivity contribution is -0.142. The highest BCUT2D eigenvalue weighted by Crippen LogP contribution is 2.21. The first-order chi connectivity index (χ1) is 9.81. The van der Waals surface area contributed by atoms with Gasteiger partial charge in [-0.15, -0.1) is 11.8 Å². The number of aryl methyl sites for hydroxylation is 2. The Kier molecular flexibility index (Phi) is 6.75. The molecule has 21 heavy (non-hydrogen) atoms. The first-order valence-electron chi connectivity index (χ1n) is 7.03. The molecule has 1 rings (SSSR count). The smallest absolute Gasteiger partial charge is 0.308 e. The van der Waals surface area contributed by atoms with Crippen LogP contribution in [0.4, 0.5) is 0 Å². The van der Waals surface area contributed by atoms with Crippen molar-refractivity contribution in [2.75, 3.05) is 5.75 Å². The minimum atomic E-state index is -0.896. The molecule has 0 aliphatic rings. The van der Waals surface area contributed by atoms with Crippen molar-refractivity contribution < 1.29 is 14.7 Å². The van der Waals surface area contributed by atoms with E-state index in [0.29, 0.717) is 12.2 Å². The molecule has 4 nitrogen and oxygen atoms in total. The second-order valence-corrected chi connectivity index (χ2v) is 6.50. The van der Waals surface area contributed by atoms with Crippen LogP contribution in [0.15, 0.2) is 23.1 Å². The molecule has 0 bridgehead atoms. The summed E-state index contributed by atoms with van der Waals surface area (Å²) in [6.07, 6.45) is 0.383. The zero-order chi connectivity index (χ0) is 16.0. The summed E-state index contributed by atoms with van der Waals surface area (Å²) in [6, 6.07) is 5.89. The van der Waals surface area contributed by atoms with Crippen molar-refractivity contribution in [2.45, 2.75) is 45.1 Å². The van der Waals surface area contributed by atoms with Gasteiger partial charge in [0.15, 0.2) is 0 Å². The Labute approximate surface area is 130 Å². The highest BCUT2D eigenvalue weighted by atomic mass is 32.2. The number of hydrogen-bond acceptors (Lipinski definition) is 3. The normalized spacial score (nSPS) is 13.5. The van der Waals surface area contributed by atoms with Crippen LogP contribution in [0, 0.1) is 19.8 Å². The number of benzene rings is 1. The molecule has 2 atom stereocenters. The molecule has 0 radical (unpaired) electrons. The monoisotopic (exact) mass is 309 g/mol. The standard InChI is InChI=1S/C16H23NO3S/c1-10-5-6-14(9-11(10)2)21-8-7-15(18)17-13(4)12(3)16(19)20/h5-6,9,12-13H,7-8H2,1-4H3,(H,17,18)(H,19,20). The van der Waals surface area contributed by atoms with E-state index in [9.17, 15) is 9.59 Å². The first-order valence-corrected chi connectivity index (χ1v) is 8.02. The number of carbonyl (C=O) groups is 2. The van der Waals surface area contributed by atoms with Crippen LogP contribution in [0.3, 0.4) is 0 Å². The molecule has 0 aliphatic carbocycles. The number of hydrogen-bond donors (Lipinski definition) is 2. The maximum Gasteiger partial charge on any atom is 0.308 e. The fourth-order valence-corrected chi connectivity index (χ4v) is 2.68. The summed E-state index contributed by atoms with van der Waals surface area (Å²) in [5, 5.41) is 11.6. The molecule has 0 aliphatic heterocycles. The average molecular weight is 309 g/mol. The average Bonchev–Trinajstić information content (AvgIpc) is 2.41. The van der Waals surface area contributed by atoms with E-state index >= 15 is 0 Å². The molecule has 0 fully saturated rings. The maximum absolute atomic E-state index is 11.8. The van der Waals surface area contributed by atoms with Crippen molar-refractivity contribution >= 4 is 23.6 Å². The number of thioether (sulfide) groups is 1. The third kappa shape index (κ3) is 5.79. The van der Waals surface area contributed by atoms with Crippen LogP contribution in [0.5, 0.6) is 0 Å². The molecular weight excluding hydrogens is 286 g/mol. The van der Waals surface area contributed by atoms with Gasteiger partial charge in [0.2, 0.25) is 5.91 Å². The van der Waals surface area contributed by atoms with Gasteiger partial charge in [0.25, 0.3) is 0 Å². The van der Waals surface area contributed by atoms with Crippen LogP contribution in [0.2, 0.25) is 0 Å². The molecule has 1 aromatic carbocycles. The van der Waals surface area contributed by atoms with E-state index < -0.39 is 11.9 Å². The summed E-state index contributed by atoms with van der Waals surface area (Å²) in [4.78, 5) is 23.8. The van der Waals surface area contributed by atoms with Crippen molar-refractivity contribution in [3.63, 3.8) is 0 Å². The molecule has 0 spiro atoms. The fraction of sp³-hybridized carbons (Fsp3) is 0.500. The largest absolute Gasteiger partial charge is 0.481 e. The summed E-state index contributed by atoms with van der Waals surface area (Å²) >= 11 is 1.64. The second-order valence-electron chi connectivity index (χ2n) is 5.33. The third-order valence-electron chi connectivity index (χ3n) is 3.60. The van der Waals surface area contributed by atoms with E-state index in [0.717, 1.165) is 4.90 Å². The summed E-state index contributed by atoms with van der Waals surface area (Å²) in [6.45, 7) is 7.45. The van der Waals surface area contributed by atoms with E-state index in [4.69, 9.17) is 5.11 Å². The predicted molar refractivity (Wildman–Crippen MR) is 85.7 cm³/mol. The number of carbonyl (C=O) groups excluding carboxylic acids is 1. The zero-order valence-electron chi connectivity index (χ0n) is 13.0. The van der Waals surface area contributed by atoms with Gasteiger partial charge in [-0.25, -0.2) is 0 Å². The maximum atomic E-state index is 11.8. The first kappa shape index (κ1) is 17.6. The molecule has 2 N–H and O–H groups in total. The Morgan fingerprint density at radius 1 is 1.24 bits per heavy atom. The Morgan fingerprint density at radius 3 is 2.48 bits per heavy atom. The van der Waals surface area contributed by atoms with Gasteiger partial charge in [-0.05, 0) is 51.0 Å². The molecule has 1 aromatic rings. The van der Waals surface area contributed by atoms with Crippen molar-refractivity contribution in [1.29, 1.82) is 0 Å². The summed E-state index contributed by atoms with van der Waals surface area (Å²) in [5.74, 6) is -0.900. The van der Waals surface area contributed by atoms with Crippen molar-refractivity contribution in [3.8, 4) is 0 Å². The topological polar surface area (TPSA) is 66.4 Å². The van der Waals surface area contributed by atoms with Crippen molar-refractivity contribution in [3.05, 3.63) is 29.3 Å². The minimum Gasteiger partial charge on any atom is -0.481 e. The lowest BCUT2D eigenvalue weighted by Gasteiger charge is -2.17. The number of amides is 1. The van der Waals surface area contributed by atoms with Crippen LogP contribution in [-0.4, -0.2) is 28.8 Å². The zero-order valence-corrected chi connectivity index (χ0v) is 13.8. The minimum absolute atomic E-state index is 0.105. The number of nitrogens with one attached hydrogen (secondary N) is 1. The molecule has 2 unspecified atom stereocenters. The molecule has 116 valence electrons. The van der Waals surface area contributed by atoms with Crippen molar-refractivity contribution in [2.24, 2.45) is 5.92 Å². The summed E-state index contributed by atoms with van der Waals surface area (Å²) < 4.78 is 0. The van der Waals surface area contributed by atoms with E-state index in [2.05, 4.69) is 37.4 Å². The van der Waals surface area contributed by atoms with Crippen LogP contribution in [0.25, 0.3) is 0 Å². The van der Waals surface area contributed by atoms with E-state index in [-0.39, 0.29) is 11.9 Å². The van der Waals surface area contributed by atoms with Gasteiger partial charge in [0.05, 0.1) is 5.92 Å². The molecule has 0 heterocycles. The Morgan fingerprint density at radius 2 is 1.90 bits per heavy atom. The number of carboxylic acid groups (broad SMARTS) is 1. The molecule has 1 amide bonds. The third-order valence-corrected chi connectivity index (χ3v) is 4.60. The molecule has 5 heteroatoms. The quantitative estimate of drug-likeness (QED) is 0.760. The van der Waals surface area contributed by atoms with Gasteiger partial charge in [-0.2, -0.15) is 0 Å². The van der Waals surface area contributed by atoms with Gasteiger partial charge in [-0.3, -0.25) is 9.59 Å². The molecule has 0 saturated carbocycles. The van der Waals surface area contributed by atoms with Crippen LogP contribution >= 0.6 is 11.8 Å².